The van der Waals surface area contributed by atoms with Gasteiger partial charge >= 0.3 is 0 Å². The molecule has 1 fully saturated rings. The molecule has 0 bridgehead atoms. The Hall–Kier alpha value is -1.16. The van der Waals surface area contributed by atoms with E-state index in [0.29, 0.717) is 5.92 Å². The van der Waals surface area contributed by atoms with E-state index in [1.54, 1.807) is 0 Å². The van der Waals surface area contributed by atoms with Gasteiger partial charge in [0.25, 0.3) is 0 Å². The molecule has 1 aliphatic heterocycles. The summed E-state index contributed by atoms with van der Waals surface area (Å²) in [6.45, 7) is 6.79. The predicted molar refractivity (Wildman–Crippen MR) is 68.2 cm³/mol. The average molecular weight is 235 g/mol. The lowest BCUT2D eigenvalue weighted by Gasteiger charge is -2.22. The van der Waals surface area contributed by atoms with Gasteiger partial charge in [0, 0.05) is 24.9 Å². The molecule has 1 aromatic rings. The zero-order valence-electron chi connectivity index (χ0n) is 10.7. The number of hydrogen-bond acceptors (Lipinski definition) is 4. The fraction of sp³-hybridized carbons (Fsp3) is 0.692. The van der Waals surface area contributed by atoms with Gasteiger partial charge in [0.15, 0.2) is 0 Å². The van der Waals surface area contributed by atoms with Gasteiger partial charge in [-0.05, 0) is 32.1 Å². The molecule has 1 aromatic heterocycles. The van der Waals surface area contributed by atoms with Crippen LogP contribution < -0.4 is 5.32 Å². The maximum absolute atomic E-state index is 5.47. The molecule has 0 spiro atoms. The van der Waals surface area contributed by atoms with Gasteiger partial charge in [0.1, 0.15) is 11.6 Å². The molecule has 2 heterocycles. The molecule has 4 heteroatoms. The summed E-state index contributed by atoms with van der Waals surface area (Å²) in [6, 6.07) is 2.04. The van der Waals surface area contributed by atoms with Gasteiger partial charge in [-0.25, -0.2) is 9.97 Å². The van der Waals surface area contributed by atoms with E-state index in [2.05, 4.69) is 22.2 Å². The second-order valence-electron chi connectivity index (χ2n) is 4.61. The number of nitrogens with one attached hydrogen (secondary N) is 1. The molecule has 4 nitrogen and oxygen atoms in total. The maximum Gasteiger partial charge on any atom is 0.129 e. The third-order valence-electron chi connectivity index (χ3n) is 3.08. The van der Waals surface area contributed by atoms with E-state index in [1.165, 1.54) is 12.8 Å². The first-order valence-corrected chi connectivity index (χ1v) is 6.44. The second kappa shape index (κ2) is 5.96. The highest BCUT2D eigenvalue weighted by Crippen LogP contribution is 2.15. The number of rotatable bonds is 4. The Kier molecular flexibility index (Phi) is 4.31. The Morgan fingerprint density at radius 2 is 2.35 bits per heavy atom. The van der Waals surface area contributed by atoms with Crippen molar-refractivity contribution in [3.63, 3.8) is 0 Å². The Labute approximate surface area is 103 Å². The minimum atomic E-state index is 0.615. The fourth-order valence-corrected chi connectivity index (χ4v) is 2.12. The standard InChI is InChI=1S/C13H21N3O/c1-3-12-7-13(16-10(2)15-12)14-8-11-5-4-6-17-9-11/h7,11H,3-6,8-9H2,1-2H3,(H,14,15,16). The van der Waals surface area contributed by atoms with Crippen LogP contribution in [0.1, 0.15) is 31.3 Å². The maximum atomic E-state index is 5.47. The normalized spacial score (nSPS) is 20.2. The van der Waals surface area contributed by atoms with Crippen molar-refractivity contribution >= 4 is 5.82 Å². The van der Waals surface area contributed by atoms with Crippen LogP contribution in [0, 0.1) is 12.8 Å². The average Bonchev–Trinajstić information content (AvgIpc) is 2.37. The Bertz CT molecular complexity index is 362. The summed E-state index contributed by atoms with van der Waals surface area (Å²) in [5.74, 6) is 2.40. The van der Waals surface area contributed by atoms with E-state index in [4.69, 9.17) is 4.74 Å². The lowest BCUT2D eigenvalue weighted by Crippen LogP contribution is -2.24. The van der Waals surface area contributed by atoms with Crippen LogP contribution in [0.4, 0.5) is 5.82 Å². The third-order valence-corrected chi connectivity index (χ3v) is 3.08. The number of nitrogens with zero attached hydrogens (tertiary/aromatic N) is 2. The summed E-state index contributed by atoms with van der Waals surface area (Å²) >= 11 is 0. The topological polar surface area (TPSA) is 47.0 Å². The summed E-state index contributed by atoms with van der Waals surface area (Å²) in [6.07, 6.45) is 3.37. The first-order valence-electron chi connectivity index (χ1n) is 6.44. The number of aryl methyl sites for hydroxylation is 2. The largest absolute Gasteiger partial charge is 0.381 e. The molecule has 1 unspecified atom stereocenters. The zero-order valence-corrected chi connectivity index (χ0v) is 10.7. The van der Waals surface area contributed by atoms with Gasteiger partial charge < -0.3 is 10.1 Å². The van der Waals surface area contributed by atoms with Crippen molar-refractivity contribution in [2.75, 3.05) is 25.1 Å². The van der Waals surface area contributed by atoms with Crippen molar-refractivity contribution in [2.45, 2.75) is 33.1 Å². The quantitative estimate of drug-likeness (QED) is 0.869. The van der Waals surface area contributed by atoms with Crippen molar-refractivity contribution in [2.24, 2.45) is 5.92 Å². The zero-order chi connectivity index (χ0) is 12.1. The lowest BCUT2D eigenvalue weighted by molar-refractivity contribution is 0.0595. The van der Waals surface area contributed by atoms with Gasteiger partial charge in [-0.15, -0.1) is 0 Å². The number of hydrogen-bond donors (Lipinski definition) is 1. The molecule has 0 saturated carbocycles. The van der Waals surface area contributed by atoms with E-state index in [1.807, 2.05) is 13.0 Å². The van der Waals surface area contributed by atoms with Crippen LogP contribution in [0.25, 0.3) is 0 Å². The molecule has 0 radical (unpaired) electrons. The Morgan fingerprint density at radius 1 is 1.47 bits per heavy atom. The molecule has 2 rings (SSSR count). The molecule has 1 aliphatic rings. The summed E-state index contributed by atoms with van der Waals surface area (Å²) in [4.78, 5) is 8.77. The number of aromatic nitrogens is 2. The molecule has 1 saturated heterocycles. The van der Waals surface area contributed by atoms with E-state index < -0.39 is 0 Å². The number of anilines is 1. The van der Waals surface area contributed by atoms with Crippen LogP contribution in [0.5, 0.6) is 0 Å². The molecule has 1 N–H and O–H groups in total. The van der Waals surface area contributed by atoms with Crippen LogP contribution in [-0.2, 0) is 11.2 Å². The molecular formula is C13H21N3O. The second-order valence-corrected chi connectivity index (χ2v) is 4.61. The minimum Gasteiger partial charge on any atom is -0.381 e. The molecule has 0 aromatic carbocycles. The monoisotopic (exact) mass is 235 g/mol. The summed E-state index contributed by atoms with van der Waals surface area (Å²) in [5, 5.41) is 3.40. The van der Waals surface area contributed by atoms with Gasteiger partial charge in [0.05, 0.1) is 6.61 Å². The molecule has 0 aliphatic carbocycles. The summed E-state index contributed by atoms with van der Waals surface area (Å²) < 4.78 is 5.47. The van der Waals surface area contributed by atoms with Crippen LogP contribution in [0.3, 0.4) is 0 Å². The van der Waals surface area contributed by atoms with E-state index in [-0.39, 0.29) is 0 Å². The minimum absolute atomic E-state index is 0.615. The summed E-state index contributed by atoms with van der Waals surface area (Å²) in [5.41, 5.74) is 1.10. The molecule has 94 valence electrons. The van der Waals surface area contributed by atoms with Crippen LogP contribution in [-0.4, -0.2) is 29.7 Å². The molecule has 1 atom stereocenters. The van der Waals surface area contributed by atoms with Gasteiger partial charge in [-0.1, -0.05) is 6.92 Å². The third kappa shape index (κ3) is 3.66. The first kappa shape index (κ1) is 12.3. The Morgan fingerprint density at radius 3 is 3.06 bits per heavy atom. The SMILES string of the molecule is CCc1cc(NCC2CCCOC2)nc(C)n1. The van der Waals surface area contributed by atoms with E-state index >= 15 is 0 Å². The highest BCUT2D eigenvalue weighted by molar-refractivity contribution is 5.36. The smallest absolute Gasteiger partial charge is 0.129 e. The highest BCUT2D eigenvalue weighted by Gasteiger charge is 2.13. The summed E-state index contributed by atoms with van der Waals surface area (Å²) in [7, 11) is 0. The van der Waals surface area contributed by atoms with Gasteiger partial charge in [0.2, 0.25) is 0 Å². The van der Waals surface area contributed by atoms with Crippen molar-refractivity contribution in [3.8, 4) is 0 Å². The predicted octanol–water partition coefficient (Wildman–Crippen LogP) is 2.19. The van der Waals surface area contributed by atoms with E-state index in [9.17, 15) is 0 Å². The van der Waals surface area contributed by atoms with Crippen molar-refractivity contribution in [3.05, 3.63) is 17.6 Å². The molecular weight excluding hydrogens is 214 g/mol. The van der Waals surface area contributed by atoms with Crippen molar-refractivity contribution in [1.29, 1.82) is 0 Å². The van der Waals surface area contributed by atoms with Crippen LogP contribution in [0.15, 0.2) is 6.07 Å². The lowest BCUT2D eigenvalue weighted by atomic mass is 10.0. The van der Waals surface area contributed by atoms with E-state index in [0.717, 1.165) is 43.5 Å². The van der Waals surface area contributed by atoms with Crippen LogP contribution in [0.2, 0.25) is 0 Å². The molecule has 0 amide bonds. The number of ether oxygens (including phenoxy) is 1. The van der Waals surface area contributed by atoms with Crippen molar-refractivity contribution < 1.29 is 4.74 Å². The Balaban J connectivity index is 1.91. The highest BCUT2D eigenvalue weighted by atomic mass is 16.5. The van der Waals surface area contributed by atoms with Crippen molar-refractivity contribution in [1.82, 2.24) is 9.97 Å². The van der Waals surface area contributed by atoms with Gasteiger partial charge in [-0.3, -0.25) is 0 Å². The first-order chi connectivity index (χ1) is 8.28. The van der Waals surface area contributed by atoms with Gasteiger partial charge in [-0.2, -0.15) is 0 Å². The molecule has 17 heavy (non-hydrogen) atoms. The fourth-order valence-electron chi connectivity index (χ4n) is 2.12. The van der Waals surface area contributed by atoms with Crippen LogP contribution >= 0.6 is 0 Å².